The Labute approximate surface area is 184 Å². The Morgan fingerprint density at radius 2 is 2.00 bits per heavy atom. The van der Waals surface area contributed by atoms with Crippen LogP contribution in [0.1, 0.15) is 49.2 Å². The van der Waals surface area contributed by atoms with Gasteiger partial charge in [0.2, 0.25) is 5.91 Å². The summed E-state index contributed by atoms with van der Waals surface area (Å²) in [5.41, 5.74) is 0.838. The molecule has 1 heterocycles. The largest absolute Gasteiger partial charge is 0.356 e. The van der Waals surface area contributed by atoms with Gasteiger partial charge in [-0.3, -0.25) is 9.79 Å². The van der Waals surface area contributed by atoms with E-state index in [4.69, 9.17) is 0 Å². The molecule has 0 bridgehead atoms. The van der Waals surface area contributed by atoms with E-state index in [9.17, 15) is 4.79 Å². The van der Waals surface area contributed by atoms with Gasteiger partial charge in [0.1, 0.15) is 0 Å². The fourth-order valence-electron chi connectivity index (χ4n) is 3.59. The molecule has 0 spiro atoms. The van der Waals surface area contributed by atoms with Crippen molar-refractivity contribution in [2.45, 2.75) is 51.9 Å². The van der Waals surface area contributed by atoms with Crippen molar-refractivity contribution in [2.24, 2.45) is 10.4 Å². The van der Waals surface area contributed by atoms with Gasteiger partial charge < -0.3 is 15.5 Å². The number of amides is 1. The fraction of sp³-hybridized carbons (Fsp3) is 0.737. The van der Waals surface area contributed by atoms with E-state index in [1.807, 2.05) is 21.0 Å². The molecule has 0 radical (unpaired) electrons. The van der Waals surface area contributed by atoms with Crippen molar-refractivity contribution >= 4 is 47.2 Å². The first kappa shape index (κ1) is 24.1. The predicted octanol–water partition coefficient (Wildman–Crippen LogP) is 3.21. The summed E-state index contributed by atoms with van der Waals surface area (Å²) in [7, 11) is 5.47. The fourth-order valence-corrected chi connectivity index (χ4v) is 4.41. The van der Waals surface area contributed by atoms with Gasteiger partial charge in [-0.05, 0) is 39.0 Å². The summed E-state index contributed by atoms with van der Waals surface area (Å²) in [5, 5.41) is 10.1. The Bertz CT molecular complexity index is 611. The molecule has 1 aliphatic rings. The van der Waals surface area contributed by atoms with Crippen molar-refractivity contribution in [2.75, 3.05) is 34.2 Å². The molecule has 0 unspecified atom stereocenters. The summed E-state index contributed by atoms with van der Waals surface area (Å²) in [6.07, 6.45) is 7.39. The molecular weight excluding hydrogens is 473 g/mol. The third kappa shape index (κ3) is 7.21. The third-order valence-electron chi connectivity index (χ3n) is 5.01. The van der Waals surface area contributed by atoms with Gasteiger partial charge >= 0.3 is 0 Å². The predicted molar refractivity (Wildman–Crippen MR) is 124 cm³/mol. The second-order valence-corrected chi connectivity index (χ2v) is 8.32. The molecule has 154 valence electrons. The molecule has 1 fully saturated rings. The van der Waals surface area contributed by atoms with E-state index in [1.165, 1.54) is 5.01 Å². The quantitative estimate of drug-likeness (QED) is 0.246. The van der Waals surface area contributed by atoms with E-state index in [-0.39, 0.29) is 35.3 Å². The zero-order chi connectivity index (χ0) is 19.0. The SMILES string of the molecule is CN=C(NCCCCc1nc(C)cs1)NCC1(C(=O)N(C)C)CCCC1.I. The molecule has 1 saturated carbocycles. The van der Waals surface area contributed by atoms with E-state index >= 15 is 0 Å². The van der Waals surface area contributed by atoms with Crippen LogP contribution in [0.25, 0.3) is 0 Å². The van der Waals surface area contributed by atoms with E-state index in [2.05, 4.69) is 26.0 Å². The van der Waals surface area contributed by atoms with Crippen LogP contribution in [0.4, 0.5) is 0 Å². The van der Waals surface area contributed by atoms with Gasteiger partial charge in [-0.15, -0.1) is 35.3 Å². The Morgan fingerprint density at radius 1 is 1.30 bits per heavy atom. The van der Waals surface area contributed by atoms with Crippen LogP contribution in [0.15, 0.2) is 10.4 Å². The van der Waals surface area contributed by atoms with Crippen molar-refractivity contribution < 1.29 is 4.79 Å². The van der Waals surface area contributed by atoms with E-state index in [0.29, 0.717) is 6.54 Å². The van der Waals surface area contributed by atoms with Crippen molar-refractivity contribution in [3.05, 3.63) is 16.1 Å². The normalized spacial score (nSPS) is 15.9. The van der Waals surface area contributed by atoms with Gasteiger partial charge in [0.05, 0.1) is 10.4 Å². The molecular formula is C19H34IN5OS. The molecule has 1 aliphatic carbocycles. The average molecular weight is 507 g/mol. The van der Waals surface area contributed by atoms with Gasteiger partial charge in [0, 0.05) is 45.3 Å². The number of hydrogen-bond acceptors (Lipinski definition) is 4. The zero-order valence-corrected chi connectivity index (χ0v) is 20.2. The maximum Gasteiger partial charge on any atom is 0.230 e. The number of hydrogen-bond donors (Lipinski definition) is 2. The molecule has 6 nitrogen and oxygen atoms in total. The second kappa shape index (κ2) is 11.8. The van der Waals surface area contributed by atoms with Gasteiger partial charge in [-0.25, -0.2) is 4.98 Å². The summed E-state index contributed by atoms with van der Waals surface area (Å²) < 4.78 is 0. The molecule has 0 aromatic carbocycles. The van der Waals surface area contributed by atoms with Crippen molar-refractivity contribution in [1.82, 2.24) is 20.5 Å². The number of carbonyl (C=O) groups excluding carboxylic acids is 1. The molecule has 0 atom stereocenters. The van der Waals surface area contributed by atoms with Crippen molar-refractivity contribution in [3.8, 4) is 0 Å². The maximum absolute atomic E-state index is 12.6. The summed E-state index contributed by atoms with van der Waals surface area (Å²) >= 11 is 1.74. The standard InChI is InChI=1S/C19H33N5OS.HI/c1-15-13-26-16(23-15)9-5-8-12-21-18(20-2)22-14-19(10-6-7-11-19)17(25)24(3)4;/h13H,5-12,14H2,1-4H3,(H2,20,21,22);1H. The summed E-state index contributed by atoms with van der Waals surface area (Å²) in [6, 6.07) is 0. The summed E-state index contributed by atoms with van der Waals surface area (Å²) in [6.45, 7) is 3.57. The number of carbonyl (C=O) groups is 1. The number of nitrogens with zero attached hydrogens (tertiary/aromatic N) is 3. The number of guanidine groups is 1. The highest BCUT2D eigenvalue weighted by atomic mass is 127. The molecule has 2 N–H and O–H groups in total. The summed E-state index contributed by atoms with van der Waals surface area (Å²) in [4.78, 5) is 23.2. The highest BCUT2D eigenvalue weighted by Crippen LogP contribution is 2.38. The maximum atomic E-state index is 12.6. The van der Waals surface area contributed by atoms with Crippen molar-refractivity contribution in [1.29, 1.82) is 0 Å². The lowest BCUT2D eigenvalue weighted by molar-refractivity contribution is -0.138. The molecule has 0 saturated heterocycles. The van der Waals surface area contributed by atoms with Crippen LogP contribution < -0.4 is 10.6 Å². The smallest absolute Gasteiger partial charge is 0.230 e. The molecule has 1 aromatic rings. The topological polar surface area (TPSA) is 69.6 Å². The molecule has 27 heavy (non-hydrogen) atoms. The van der Waals surface area contributed by atoms with Crippen LogP contribution in [-0.4, -0.2) is 56.0 Å². The van der Waals surface area contributed by atoms with Crippen LogP contribution in [0.3, 0.4) is 0 Å². The van der Waals surface area contributed by atoms with Crippen LogP contribution in [0, 0.1) is 12.3 Å². The van der Waals surface area contributed by atoms with E-state index in [0.717, 1.165) is 63.1 Å². The second-order valence-electron chi connectivity index (χ2n) is 7.38. The number of rotatable bonds is 8. The minimum atomic E-state index is -0.274. The minimum Gasteiger partial charge on any atom is -0.356 e. The molecule has 1 amide bonds. The van der Waals surface area contributed by atoms with E-state index in [1.54, 1.807) is 23.3 Å². The van der Waals surface area contributed by atoms with E-state index < -0.39 is 0 Å². The lowest BCUT2D eigenvalue weighted by Gasteiger charge is -2.31. The number of nitrogens with one attached hydrogen (secondary N) is 2. The highest BCUT2D eigenvalue weighted by molar-refractivity contribution is 14.0. The van der Waals surface area contributed by atoms with Crippen LogP contribution in [-0.2, 0) is 11.2 Å². The minimum absolute atomic E-state index is 0. The zero-order valence-electron chi connectivity index (χ0n) is 17.0. The van der Waals surface area contributed by atoms with Crippen LogP contribution in [0.2, 0.25) is 0 Å². The Hall–Kier alpha value is -0.900. The first-order chi connectivity index (χ1) is 12.5. The Morgan fingerprint density at radius 3 is 2.56 bits per heavy atom. The number of aliphatic imine (C=N–C) groups is 1. The van der Waals surface area contributed by atoms with Crippen LogP contribution in [0.5, 0.6) is 0 Å². The first-order valence-electron chi connectivity index (χ1n) is 9.54. The molecule has 0 aliphatic heterocycles. The lowest BCUT2D eigenvalue weighted by Crippen LogP contribution is -2.49. The number of halogens is 1. The number of aryl methyl sites for hydroxylation is 2. The molecule has 1 aromatic heterocycles. The third-order valence-corrected chi connectivity index (χ3v) is 6.04. The lowest BCUT2D eigenvalue weighted by atomic mass is 9.84. The molecule has 8 heteroatoms. The Balaban J connectivity index is 0.00000364. The Kier molecular flexibility index (Phi) is 10.6. The monoisotopic (exact) mass is 507 g/mol. The average Bonchev–Trinajstić information content (AvgIpc) is 3.26. The number of unbranched alkanes of at least 4 members (excludes halogenated alkanes) is 1. The van der Waals surface area contributed by atoms with Gasteiger partial charge in [0.25, 0.3) is 0 Å². The summed E-state index contributed by atoms with van der Waals surface area (Å²) in [5.74, 6) is 1.02. The number of thiazole rings is 1. The molecule has 2 rings (SSSR count). The van der Waals surface area contributed by atoms with Gasteiger partial charge in [-0.1, -0.05) is 12.8 Å². The first-order valence-corrected chi connectivity index (χ1v) is 10.4. The van der Waals surface area contributed by atoms with Crippen molar-refractivity contribution in [3.63, 3.8) is 0 Å². The van der Waals surface area contributed by atoms with Gasteiger partial charge in [-0.2, -0.15) is 0 Å². The van der Waals surface area contributed by atoms with Gasteiger partial charge in [0.15, 0.2) is 5.96 Å². The van der Waals surface area contributed by atoms with Crippen LogP contribution >= 0.6 is 35.3 Å². The number of aromatic nitrogens is 1. The highest BCUT2D eigenvalue weighted by Gasteiger charge is 2.42.